The summed E-state index contributed by atoms with van der Waals surface area (Å²) in [4.78, 5) is 16.5. The van der Waals surface area contributed by atoms with Crippen LogP contribution in [0.5, 0.6) is 5.75 Å². The number of rotatable bonds is 8. The Hall–Kier alpha value is -2.15. The third-order valence-electron chi connectivity index (χ3n) is 5.44. The van der Waals surface area contributed by atoms with Crippen molar-refractivity contribution >= 4 is 28.6 Å². The molecule has 0 aliphatic heterocycles. The van der Waals surface area contributed by atoms with E-state index in [-0.39, 0.29) is 17.9 Å². The molecule has 4 rings (SSSR count). The number of benzene rings is 1. The first-order valence-corrected chi connectivity index (χ1v) is 11.7. The average Bonchev–Trinajstić information content (AvgIpc) is 3.52. The van der Waals surface area contributed by atoms with Crippen LogP contribution in [0, 0.1) is 5.92 Å². The summed E-state index contributed by atoms with van der Waals surface area (Å²) >= 11 is 3.50. The van der Waals surface area contributed by atoms with Crippen molar-refractivity contribution in [1.29, 1.82) is 0 Å². The SMILES string of the molecule is COc1ccc(CNC2CCCC2C(=O)NCc2ccc(-c3cccs3)s2)cc1. The molecule has 1 fully saturated rings. The molecule has 0 spiro atoms. The topological polar surface area (TPSA) is 50.4 Å². The minimum atomic E-state index is 0.0463. The summed E-state index contributed by atoms with van der Waals surface area (Å²) < 4.78 is 5.21. The molecule has 2 atom stereocenters. The summed E-state index contributed by atoms with van der Waals surface area (Å²) in [5.74, 6) is 1.08. The van der Waals surface area contributed by atoms with Gasteiger partial charge in [0, 0.05) is 27.2 Å². The molecule has 2 heterocycles. The van der Waals surface area contributed by atoms with Gasteiger partial charge in [-0.25, -0.2) is 0 Å². The zero-order chi connectivity index (χ0) is 20.1. The second kappa shape index (κ2) is 9.57. The Kier molecular flexibility index (Phi) is 6.64. The number of hydrogen-bond donors (Lipinski definition) is 2. The number of nitrogens with one attached hydrogen (secondary N) is 2. The molecule has 2 unspecified atom stereocenters. The second-order valence-corrected chi connectivity index (χ2v) is 9.45. The number of thiophene rings is 2. The minimum Gasteiger partial charge on any atom is -0.497 e. The van der Waals surface area contributed by atoms with E-state index in [1.54, 1.807) is 29.8 Å². The maximum absolute atomic E-state index is 12.8. The van der Waals surface area contributed by atoms with Gasteiger partial charge in [0.15, 0.2) is 0 Å². The van der Waals surface area contributed by atoms with Crippen LogP contribution in [0.3, 0.4) is 0 Å². The summed E-state index contributed by atoms with van der Waals surface area (Å²) in [6, 6.07) is 16.8. The van der Waals surface area contributed by atoms with Crippen LogP contribution in [0.2, 0.25) is 0 Å². The average molecular weight is 427 g/mol. The standard InChI is InChI=1S/C23H26N2O2S2/c1-27-17-9-7-16(8-10-17)14-24-20-5-2-4-19(20)23(26)25-15-18-11-12-22(29-18)21-6-3-13-28-21/h3,6-13,19-20,24H,2,4-5,14-15H2,1H3,(H,25,26). The number of hydrogen-bond acceptors (Lipinski definition) is 5. The van der Waals surface area contributed by atoms with Gasteiger partial charge in [0.1, 0.15) is 5.75 Å². The summed E-state index contributed by atoms with van der Waals surface area (Å²) in [7, 11) is 1.67. The van der Waals surface area contributed by atoms with Gasteiger partial charge in [-0.1, -0.05) is 24.6 Å². The molecule has 0 radical (unpaired) electrons. The smallest absolute Gasteiger partial charge is 0.224 e. The zero-order valence-corrected chi connectivity index (χ0v) is 18.2. The molecule has 2 aromatic heterocycles. The van der Waals surface area contributed by atoms with Crippen LogP contribution < -0.4 is 15.4 Å². The van der Waals surface area contributed by atoms with Crippen LogP contribution in [0.1, 0.15) is 29.7 Å². The summed E-state index contributed by atoms with van der Waals surface area (Å²) in [6.45, 7) is 1.38. The van der Waals surface area contributed by atoms with Crippen molar-refractivity contribution in [2.45, 2.75) is 38.4 Å². The Bertz CT molecular complexity index is 919. The highest BCUT2D eigenvalue weighted by Gasteiger charge is 2.32. The molecule has 2 N–H and O–H groups in total. The fourth-order valence-corrected chi connectivity index (χ4v) is 5.62. The maximum Gasteiger partial charge on any atom is 0.224 e. The number of methoxy groups -OCH3 is 1. The summed E-state index contributed by atoms with van der Waals surface area (Å²) in [5.41, 5.74) is 1.21. The lowest BCUT2D eigenvalue weighted by molar-refractivity contribution is -0.125. The largest absolute Gasteiger partial charge is 0.497 e. The Morgan fingerprint density at radius 1 is 1.07 bits per heavy atom. The van der Waals surface area contributed by atoms with Crippen LogP contribution in [0.25, 0.3) is 9.75 Å². The van der Waals surface area contributed by atoms with Crippen LogP contribution >= 0.6 is 22.7 Å². The molecule has 1 aliphatic rings. The third kappa shape index (κ3) is 5.07. The molecule has 4 nitrogen and oxygen atoms in total. The van der Waals surface area contributed by atoms with Crippen molar-refractivity contribution in [3.63, 3.8) is 0 Å². The normalized spacial score (nSPS) is 18.7. The lowest BCUT2D eigenvalue weighted by atomic mass is 10.0. The second-order valence-electron chi connectivity index (χ2n) is 7.33. The predicted molar refractivity (Wildman–Crippen MR) is 120 cm³/mol. The maximum atomic E-state index is 12.8. The van der Waals surface area contributed by atoms with Crippen LogP contribution in [-0.4, -0.2) is 19.1 Å². The van der Waals surface area contributed by atoms with E-state index in [1.165, 1.54) is 20.2 Å². The van der Waals surface area contributed by atoms with Gasteiger partial charge in [-0.15, -0.1) is 22.7 Å². The van der Waals surface area contributed by atoms with Crippen molar-refractivity contribution in [2.75, 3.05) is 7.11 Å². The monoisotopic (exact) mass is 426 g/mol. The molecular formula is C23H26N2O2S2. The molecule has 152 valence electrons. The molecule has 6 heteroatoms. The first-order chi connectivity index (χ1) is 14.2. The van der Waals surface area contributed by atoms with Gasteiger partial charge in [-0.2, -0.15) is 0 Å². The highest BCUT2D eigenvalue weighted by atomic mass is 32.1. The van der Waals surface area contributed by atoms with Crippen molar-refractivity contribution in [3.05, 3.63) is 64.4 Å². The lowest BCUT2D eigenvalue weighted by Gasteiger charge is -2.20. The zero-order valence-electron chi connectivity index (χ0n) is 16.5. The Morgan fingerprint density at radius 3 is 2.69 bits per heavy atom. The first-order valence-electron chi connectivity index (χ1n) is 9.99. The van der Waals surface area contributed by atoms with Crippen LogP contribution in [0.4, 0.5) is 0 Å². The van der Waals surface area contributed by atoms with E-state index >= 15 is 0 Å². The van der Waals surface area contributed by atoms with Crippen molar-refractivity contribution < 1.29 is 9.53 Å². The first kappa shape index (κ1) is 20.1. The molecule has 3 aromatic rings. The fraction of sp³-hybridized carbons (Fsp3) is 0.348. The van der Waals surface area contributed by atoms with E-state index in [0.717, 1.165) is 31.6 Å². The van der Waals surface area contributed by atoms with Gasteiger partial charge in [-0.3, -0.25) is 4.79 Å². The van der Waals surface area contributed by atoms with Gasteiger partial charge in [0.25, 0.3) is 0 Å². The summed E-state index contributed by atoms with van der Waals surface area (Å²) in [5, 5.41) is 8.84. The molecule has 29 heavy (non-hydrogen) atoms. The molecule has 1 aliphatic carbocycles. The van der Waals surface area contributed by atoms with Crippen molar-refractivity contribution in [3.8, 4) is 15.5 Å². The van der Waals surface area contributed by atoms with Gasteiger partial charge in [0.05, 0.1) is 19.6 Å². The van der Waals surface area contributed by atoms with E-state index in [2.05, 4.69) is 52.4 Å². The molecule has 1 saturated carbocycles. The predicted octanol–water partition coefficient (Wildman–Crippen LogP) is 5.06. The molecular weight excluding hydrogens is 400 g/mol. The summed E-state index contributed by atoms with van der Waals surface area (Å²) in [6.07, 6.45) is 3.10. The third-order valence-corrected chi connectivity index (χ3v) is 7.59. The van der Waals surface area contributed by atoms with Crippen molar-refractivity contribution in [2.24, 2.45) is 5.92 Å². The van der Waals surface area contributed by atoms with Gasteiger partial charge >= 0.3 is 0 Å². The fourth-order valence-electron chi connectivity index (χ4n) is 3.84. The van der Waals surface area contributed by atoms with E-state index < -0.39 is 0 Å². The number of carbonyl (C=O) groups excluding carboxylic acids is 1. The van der Waals surface area contributed by atoms with Crippen LogP contribution in [-0.2, 0) is 17.9 Å². The van der Waals surface area contributed by atoms with Gasteiger partial charge in [0.2, 0.25) is 5.91 Å². The van der Waals surface area contributed by atoms with Gasteiger partial charge < -0.3 is 15.4 Å². The Labute approximate surface area is 179 Å². The number of carbonyl (C=O) groups is 1. The highest BCUT2D eigenvalue weighted by Crippen LogP contribution is 2.32. The van der Waals surface area contributed by atoms with E-state index in [9.17, 15) is 4.79 Å². The molecule has 0 bridgehead atoms. The number of ether oxygens (including phenoxy) is 1. The number of amides is 1. The minimum absolute atomic E-state index is 0.0463. The lowest BCUT2D eigenvalue weighted by Crippen LogP contribution is -2.41. The van der Waals surface area contributed by atoms with E-state index in [0.29, 0.717) is 6.54 Å². The van der Waals surface area contributed by atoms with E-state index in [4.69, 9.17) is 4.74 Å². The van der Waals surface area contributed by atoms with Crippen molar-refractivity contribution in [1.82, 2.24) is 10.6 Å². The quantitative estimate of drug-likeness (QED) is 0.529. The molecule has 0 saturated heterocycles. The Morgan fingerprint density at radius 2 is 1.93 bits per heavy atom. The molecule has 1 aromatic carbocycles. The highest BCUT2D eigenvalue weighted by molar-refractivity contribution is 7.21. The van der Waals surface area contributed by atoms with Gasteiger partial charge in [-0.05, 0) is 54.1 Å². The van der Waals surface area contributed by atoms with Crippen LogP contribution in [0.15, 0.2) is 53.9 Å². The Balaban J connectivity index is 1.28. The molecule has 1 amide bonds. The van der Waals surface area contributed by atoms with E-state index in [1.807, 2.05) is 12.1 Å².